The molecule has 0 heterocycles. The van der Waals surface area contributed by atoms with Gasteiger partial charge in [-0.25, -0.2) is 0 Å². The normalized spacial score (nSPS) is 13.2. The van der Waals surface area contributed by atoms with Crippen molar-refractivity contribution in [1.29, 1.82) is 0 Å². The number of ether oxygens (including phenoxy) is 2. The lowest BCUT2D eigenvalue weighted by molar-refractivity contribution is 0.325. The van der Waals surface area contributed by atoms with Crippen LogP contribution in [0.15, 0.2) is 24.3 Å². The van der Waals surface area contributed by atoms with Gasteiger partial charge in [-0.3, -0.25) is 0 Å². The molecular weight excluding hydrogens is 734 g/mol. The second-order valence-electron chi connectivity index (χ2n) is 6.40. The van der Waals surface area contributed by atoms with E-state index in [1.165, 1.54) is 0 Å². The highest BCUT2D eigenvalue weighted by Crippen LogP contribution is 2.37. The molecule has 0 aliphatic rings. The standard InChI is InChI=1S/C20H18Br4Cl4O2/c21-7-13(23)9-29-19-15(25)3-11(4-16(19)26)1-2-12-5-17(27)20(18(28)6-12)30-10-14(24)8-22/h3-6,13-14H,1-2,7-10H2. The van der Waals surface area contributed by atoms with Crippen molar-refractivity contribution in [2.24, 2.45) is 0 Å². The van der Waals surface area contributed by atoms with Crippen molar-refractivity contribution in [2.45, 2.75) is 22.5 Å². The maximum Gasteiger partial charge on any atom is 0.156 e. The number of halogens is 8. The molecule has 0 fully saturated rings. The molecule has 0 spiro atoms. The maximum absolute atomic E-state index is 6.38. The molecule has 166 valence electrons. The third-order valence-corrected chi connectivity index (χ3v) is 9.57. The van der Waals surface area contributed by atoms with Crippen LogP contribution in [0.25, 0.3) is 0 Å². The van der Waals surface area contributed by atoms with Crippen LogP contribution >= 0.6 is 110 Å². The summed E-state index contributed by atoms with van der Waals surface area (Å²) in [4.78, 5) is 0.344. The fourth-order valence-electron chi connectivity index (χ4n) is 2.51. The van der Waals surface area contributed by atoms with E-state index in [2.05, 4.69) is 63.7 Å². The van der Waals surface area contributed by atoms with Crippen molar-refractivity contribution < 1.29 is 9.47 Å². The number of alkyl halides is 4. The zero-order chi connectivity index (χ0) is 22.3. The third-order valence-electron chi connectivity index (χ3n) is 3.97. The van der Waals surface area contributed by atoms with Crippen molar-refractivity contribution >= 4 is 110 Å². The first-order chi connectivity index (χ1) is 14.2. The minimum atomic E-state index is 0.172. The van der Waals surface area contributed by atoms with Gasteiger partial charge in [-0.1, -0.05) is 110 Å². The van der Waals surface area contributed by atoms with Crippen LogP contribution in [0.4, 0.5) is 0 Å². The van der Waals surface area contributed by atoms with Gasteiger partial charge in [0, 0.05) is 10.7 Å². The predicted molar refractivity (Wildman–Crippen MR) is 144 cm³/mol. The Morgan fingerprint density at radius 2 is 0.933 bits per heavy atom. The summed E-state index contributed by atoms with van der Waals surface area (Å²) in [6.45, 7) is 0.918. The molecule has 0 aromatic heterocycles. The molecule has 10 heteroatoms. The monoisotopic (exact) mass is 746 g/mol. The molecule has 30 heavy (non-hydrogen) atoms. The van der Waals surface area contributed by atoms with E-state index < -0.39 is 0 Å². The molecule has 0 radical (unpaired) electrons. The Morgan fingerprint density at radius 1 is 0.633 bits per heavy atom. The maximum atomic E-state index is 6.38. The van der Waals surface area contributed by atoms with Gasteiger partial charge < -0.3 is 9.47 Å². The van der Waals surface area contributed by atoms with Crippen LogP contribution in [0.2, 0.25) is 20.1 Å². The molecule has 0 saturated carbocycles. The van der Waals surface area contributed by atoms with Gasteiger partial charge in [-0.2, -0.15) is 0 Å². The van der Waals surface area contributed by atoms with E-state index in [4.69, 9.17) is 55.9 Å². The SMILES string of the molecule is Clc1cc(CCc2cc(Cl)c(OCC(Br)CBr)c(Cl)c2)cc(Cl)c1OCC(Br)CBr. The Balaban J connectivity index is 2.04. The molecule has 0 saturated heterocycles. The molecule has 0 N–H and O–H groups in total. The van der Waals surface area contributed by atoms with Gasteiger partial charge in [-0.15, -0.1) is 0 Å². The zero-order valence-electron chi connectivity index (χ0n) is 15.5. The molecule has 0 aliphatic carbocycles. The first-order valence-corrected chi connectivity index (χ1v) is 14.4. The Hall–Kier alpha value is 1.12. The smallest absolute Gasteiger partial charge is 0.156 e. The zero-order valence-corrected chi connectivity index (χ0v) is 24.9. The molecule has 2 unspecified atom stereocenters. The predicted octanol–water partition coefficient (Wildman–Crippen LogP) is 9.16. The molecule has 2 aromatic rings. The van der Waals surface area contributed by atoms with E-state index in [9.17, 15) is 0 Å². The minimum Gasteiger partial charge on any atom is -0.489 e. The fourth-order valence-corrected chi connectivity index (χ4v) is 4.44. The van der Waals surface area contributed by atoms with Gasteiger partial charge >= 0.3 is 0 Å². The molecular formula is C20H18Br4Cl4O2. The number of hydrogen-bond donors (Lipinski definition) is 0. The summed E-state index contributed by atoms with van der Waals surface area (Å²) in [5.74, 6) is 0.988. The fraction of sp³-hybridized carbons (Fsp3) is 0.400. The van der Waals surface area contributed by atoms with Crippen LogP contribution in [0.1, 0.15) is 11.1 Å². The molecule has 0 amide bonds. The second-order valence-corrected chi connectivity index (χ2v) is 11.9. The lowest BCUT2D eigenvalue weighted by Gasteiger charge is -2.15. The highest BCUT2D eigenvalue weighted by molar-refractivity contribution is 9.12. The summed E-state index contributed by atoms with van der Waals surface area (Å²) in [5, 5.41) is 3.49. The van der Waals surface area contributed by atoms with Crippen LogP contribution in [-0.2, 0) is 12.8 Å². The third kappa shape index (κ3) is 8.48. The van der Waals surface area contributed by atoms with Crippen LogP contribution in [-0.4, -0.2) is 33.5 Å². The molecule has 2 atom stereocenters. The Kier molecular flexibility index (Phi) is 12.5. The average molecular weight is 752 g/mol. The van der Waals surface area contributed by atoms with Gasteiger partial charge in [0.2, 0.25) is 0 Å². The van der Waals surface area contributed by atoms with Crippen LogP contribution in [0.5, 0.6) is 11.5 Å². The largest absolute Gasteiger partial charge is 0.489 e. The van der Waals surface area contributed by atoms with Crippen molar-refractivity contribution in [1.82, 2.24) is 0 Å². The topological polar surface area (TPSA) is 18.5 Å². The number of rotatable bonds is 11. The van der Waals surface area contributed by atoms with Crippen molar-refractivity contribution in [3.8, 4) is 11.5 Å². The van der Waals surface area contributed by atoms with Gasteiger partial charge in [0.15, 0.2) is 11.5 Å². The van der Waals surface area contributed by atoms with Crippen molar-refractivity contribution in [3.63, 3.8) is 0 Å². The quantitative estimate of drug-likeness (QED) is 0.214. The van der Waals surface area contributed by atoms with E-state index in [0.717, 1.165) is 34.6 Å². The molecule has 2 aromatic carbocycles. The van der Waals surface area contributed by atoms with E-state index in [-0.39, 0.29) is 9.65 Å². The van der Waals surface area contributed by atoms with E-state index >= 15 is 0 Å². The number of benzene rings is 2. The second kappa shape index (κ2) is 13.7. The number of hydrogen-bond acceptors (Lipinski definition) is 2. The van der Waals surface area contributed by atoms with Gasteiger partial charge in [0.05, 0.1) is 29.7 Å². The highest BCUT2D eigenvalue weighted by atomic mass is 79.9. The summed E-state index contributed by atoms with van der Waals surface area (Å²) < 4.78 is 11.5. The van der Waals surface area contributed by atoms with Gasteiger partial charge in [0.25, 0.3) is 0 Å². The Labute approximate surface area is 230 Å². The molecule has 2 nitrogen and oxygen atoms in total. The van der Waals surface area contributed by atoms with Crippen LogP contribution in [0, 0.1) is 0 Å². The summed E-state index contributed by atoms with van der Waals surface area (Å²) in [7, 11) is 0. The summed E-state index contributed by atoms with van der Waals surface area (Å²) >= 11 is 39.3. The lowest BCUT2D eigenvalue weighted by Crippen LogP contribution is -2.12. The summed E-state index contributed by atoms with van der Waals surface area (Å²) in [5.41, 5.74) is 2.00. The number of aryl methyl sites for hydroxylation is 2. The first-order valence-electron chi connectivity index (χ1n) is 8.86. The van der Waals surface area contributed by atoms with E-state index in [0.29, 0.717) is 44.8 Å². The Morgan fingerprint density at radius 3 is 1.20 bits per heavy atom. The van der Waals surface area contributed by atoms with E-state index in [1.54, 1.807) is 0 Å². The highest BCUT2D eigenvalue weighted by Gasteiger charge is 2.14. The molecule has 2 rings (SSSR count). The lowest BCUT2D eigenvalue weighted by atomic mass is 10.0. The van der Waals surface area contributed by atoms with Gasteiger partial charge in [-0.05, 0) is 48.2 Å². The van der Waals surface area contributed by atoms with E-state index in [1.807, 2.05) is 24.3 Å². The molecule has 0 aliphatic heterocycles. The summed E-state index contributed by atoms with van der Waals surface area (Å²) in [6.07, 6.45) is 1.45. The molecule has 0 bridgehead atoms. The van der Waals surface area contributed by atoms with Crippen LogP contribution < -0.4 is 9.47 Å². The average Bonchev–Trinajstić information content (AvgIpc) is 2.70. The van der Waals surface area contributed by atoms with Gasteiger partial charge in [0.1, 0.15) is 13.2 Å². The van der Waals surface area contributed by atoms with Crippen LogP contribution in [0.3, 0.4) is 0 Å². The minimum absolute atomic E-state index is 0.172. The first kappa shape index (κ1) is 27.4. The Bertz CT molecular complexity index is 738. The summed E-state index contributed by atoms with van der Waals surface area (Å²) in [6, 6.07) is 7.49. The van der Waals surface area contributed by atoms with Crippen molar-refractivity contribution in [2.75, 3.05) is 23.9 Å². The van der Waals surface area contributed by atoms with Crippen molar-refractivity contribution in [3.05, 3.63) is 55.5 Å².